The highest BCUT2D eigenvalue weighted by Gasteiger charge is 2.24. The fraction of sp³-hybridized carbons (Fsp3) is 0.357. The van der Waals surface area contributed by atoms with Crippen LogP contribution in [0.1, 0.15) is 42.6 Å². The molecule has 2 aromatic heterocycles. The lowest BCUT2D eigenvalue weighted by molar-refractivity contribution is 0.0946. The standard InChI is InChI=1S/C14H19N5O/c1-14(2,3)12-10(15)11(18-19-12)13(20)17-8-9-6-4-5-7-16-9/h4-7H,8,15H2,1-3H3,(H,17,20)(H,18,19). The van der Waals surface area contributed by atoms with Crippen LogP contribution in [0.15, 0.2) is 24.4 Å². The molecule has 0 radical (unpaired) electrons. The molecule has 0 saturated carbocycles. The van der Waals surface area contributed by atoms with E-state index in [1.165, 1.54) is 0 Å². The minimum Gasteiger partial charge on any atom is -0.395 e. The van der Waals surface area contributed by atoms with Crippen molar-refractivity contribution < 1.29 is 4.79 Å². The second-order valence-electron chi connectivity index (χ2n) is 5.61. The molecular formula is C14H19N5O. The molecule has 4 N–H and O–H groups in total. The third-order valence-corrected chi connectivity index (χ3v) is 2.93. The molecule has 0 aliphatic heterocycles. The fourth-order valence-electron chi connectivity index (χ4n) is 1.85. The van der Waals surface area contributed by atoms with Crippen LogP contribution in [-0.2, 0) is 12.0 Å². The molecule has 6 nitrogen and oxygen atoms in total. The number of aromatic amines is 1. The van der Waals surface area contributed by atoms with Gasteiger partial charge in [0.15, 0.2) is 5.69 Å². The number of aromatic nitrogens is 3. The van der Waals surface area contributed by atoms with E-state index in [-0.39, 0.29) is 17.0 Å². The summed E-state index contributed by atoms with van der Waals surface area (Å²) in [7, 11) is 0. The first-order valence-electron chi connectivity index (χ1n) is 6.42. The summed E-state index contributed by atoms with van der Waals surface area (Å²) in [6.45, 7) is 6.36. The minimum atomic E-state index is -0.306. The molecule has 0 aliphatic rings. The van der Waals surface area contributed by atoms with Gasteiger partial charge in [0.05, 0.1) is 23.6 Å². The van der Waals surface area contributed by atoms with Crippen LogP contribution in [0.25, 0.3) is 0 Å². The third kappa shape index (κ3) is 2.96. The Morgan fingerprint density at radius 2 is 2.15 bits per heavy atom. The van der Waals surface area contributed by atoms with E-state index in [4.69, 9.17) is 5.73 Å². The van der Waals surface area contributed by atoms with Gasteiger partial charge in [-0.1, -0.05) is 26.8 Å². The first-order valence-corrected chi connectivity index (χ1v) is 6.42. The van der Waals surface area contributed by atoms with Crippen LogP contribution in [0.5, 0.6) is 0 Å². The number of amides is 1. The van der Waals surface area contributed by atoms with Crippen molar-refractivity contribution in [2.45, 2.75) is 32.7 Å². The average Bonchev–Trinajstić information content (AvgIpc) is 2.79. The third-order valence-electron chi connectivity index (χ3n) is 2.93. The van der Waals surface area contributed by atoms with E-state index >= 15 is 0 Å². The number of carbonyl (C=O) groups excluding carboxylic acids is 1. The lowest BCUT2D eigenvalue weighted by Gasteiger charge is -2.16. The number of nitrogen functional groups attached to an aromatic ring is 1. The Bertz CT molecular complexity index is 598. The lowest BCUT2D eigenvalue weighted by Crippen LogP contribution is -2.24. The van der Waals surface area contributed by atoms with Gasteiger partial charge in [-0.3, -0.25) is 14.9 Å². The van der Waals surface area contributed by atoms with Crippen LogP contribution < -0.4 is 11.1 Å². The number of hydrogen-bond acceptors (Lipinski definition) is 4. The summed E-state index contributed by atoms with van der Waals surface area (Å²) in [6.07, 6.45) is 1.68. The van der Waals surface area contributed by atoms with Crippen molar-refractivity contribution in [3.05, 3.63) is 41.5 Å². The van der Waals surface area contributed by atoms with E-state index in [1.807, 2.05) is 39.0 Å². The largest absolute Gasteiger partial charge is 0.395 e. The molecule has 0 atom stereocenters. The summed E-state index contributed by atoms with van der Waals surface area (Å²) >= 11 is 0. The van der Waals surface area contributed by atoms with Crippen molar-refractivity contribution >= 4 is 11.6 Å². The monoisotopic (exact) mass is 273 g/mol. The van der Waals surface area contributed by atoms with E-state index in [0.717, 1.165) is 11.4 Å². The van der Waals surface area contributed by atoms with Crippen molar-refractivity contribution in [2.75, 3.05) is 5.73 Å². The highest BCUT2D eigenvalue weighted by atomic mass is 16.1. The second-order valence-corrected chi connectivity index (χ2v) is 5.61. The van der Waals surface area contributed by atoms with Gasteiger partial charge in [0.25, 0.3) is 5.91 Å². The SMILES string of the molecule is CC(C)(C)c1[nH]nc(C(=O)NCc2ccccn2)c1N. The zero-order chi connectivity index (χ0) is 14.8. The Labute approximate surface area is 117 Å². The molecule has 20 heavy (non-hydrogen) atoms. The molecule has 2 aromatic rings. The molecule has 2 heterocycles. The van der Waals surface area contributed by atoms with E-state index in [1.54, 1.807) is 6.20 Å². The predicted octanol–water partition coefficient (Wildman–Crippen LogP) is 1.61. The number of rotatable bonds is 3. The molecule has 1 amide bonds. The number of anilines is 1. The summed E-state index contributed by atoms with van der Waals surface area (Å²) in [5.74, 6) is -0.306. The number of hydrogen-bond donors (Lipinski definition) is 3. The maximum absolute atomic E-state index is 12.1. The van der Waals surface area contributed by atoms with E-state index < -0.39 is 0 Å². The Morgan fingerprint density at radius 3 is 2.70 bits per heavy atom. The summed E-state index contributed by atoms with van der Waals surface area (Å²) < 4.78 is 0. The molecule has 106 valence electrons. The molecular weight excluding hydrogens is 254 g/mol. The van der Waals surface area contributed by atoms with Crippen molar-refractivity contribution in [2.24, 2.45) is 0 Å². The molecule has 0 saturated heterocycles. The normalized spacial score (nSPS) is 11.3. The van der Waals surface area contributed by atoms with E-state index in [9.17, 15) is 4.79 Å². The van der Waals surface area contributed by atoms with Crippen LogP contribution >= 0.6 is 0 Å². The van der Waals surface area contributed by atoms with Crippen LogP contribution in [0.2, 0.25) is 0 Å². The van der Waals surface area contributed by atoms with Gasteiger partial charge < -0.3 is 11.1 Å². The minimum absolute atomic E-state index is 0.184. The van der Waals surface area contributed by atoms with Gasteiger partial charge in [-0.05, 0) is 12.1 Å². The lowest BCUT2D eigenvalue weighted by atomic mass is 9.91. The maximum atomic E-state index is 12.1. The number of nitrogens with zero attached hydrogens (tertiary/aromatic N) is 2. The predicted molar refractivity (Wildman–Crippen MR) is 77.1 cm³/mol. The molecule has 0 aliphatic carbocycles. The van der Waals surface area contributed by atoms with E-state index in [2.05, 4.69) is 20.5 Å². The van der Waals surface area contributed by atoms with Crippen molar-refractivity contribution in [3.63, 3.8) is 0 Å². The molecule has 2 rings (SSSR count). The Balaban J connectivity index is 2.09. The molecule has 0 aromatic carbocycles. The zero-order valence-corrected chi connectivity index (χ0v) is 11.9. The number of nitrogens with one attached hydrogen (secondary N) is 2. The maximum Gasteiger partial charge on any atom is 0.274 e. The van der Waals surface area contributed by atoms with Crippen LogP contribution in [-0.4, -0.2) is 21.1 Å². The summed E-state index contributed by atoms with van der Waals surface area (Å²) in [6, 6.07) is 5.54. The number of carbonyl (C=O) groups is 1. The highest BCUT2D eigenvalue weighted by Crippen LogP contribution is 2.27. The van der Waals surface area contributed by atoms with Crippen LogP contribution in [0.4, 0.5) is 5.69 Å². The van der Waals surface area contributed by atoms with Crippen molar-refractivity contribution in [1.29, 1.82) is 0 Å². The van der Waals surface area contributed by atoms with Gasteiger partial charge >= 0.3 is 0 Å². The molecule has 0 fully saturated rings. The Morgan fingerprint density at radius 1 is 1.40 bits per heavy atom. The Kier molecular flexibility index (Phi) is 3.74. The molecule has 0 bridgehead atoms. The van der Waals surface area contributed by atoms with E-state index in [0.29, 0.717) is 12.2 Å². The van der Waals surface area contributed by atoms with Gasteiger partial charge in [0.2, 0.25) is 0 Å². The van der Waals surface area contributed by atoms with Gasteiger partial charge in [-0.2, -0.15) is 5.10 Å². The summed E-state index contributed by atoms with van der Waals surface area (Å²) in [5.41, 5.74) is 7.98. The molecule has 0 unspecified atom stereocenters. The Hall–Kier alpha value is -2.37. The van der Waals surface area contributed by atoms with Gasteiger partial charge in [-0.15, -0.1) is 0 Å². The average molecular weight is 273 g/mol. The molecule has 6 heteroatoms. The van der Waals surface area contributed by atoms with Gasteiger partial charge in [0, 0.05) is 11.6 Å². The first kappa shape index (κ1) is 14.0. The summed E-state index contributed by atoms with van der Waals surface area (Å²) in [5, 5.41) is 9.61. The zero-order valence-electron chi connectivity index (χ0n) is 11.9. The molecule has 0 spiro atoms. The van der Waals surface area contributed by atoms with Crippen molar-refractivity contribution in [1.82, 2.24) is 20.5 Å². The van der Waals surface area contributed by atoms with Crippen molar-refractivity contribution in [3.8, 4) is 0 Å². The topological polar surface area (TPSA) is 96.7 Å². The smallest absolute Gasteiger partial charge is 0.274 e. The fourth-order valence-corrected chi connectivity index (χ4v) is 1.85. The number of H-pyrrole nitrogens is 1. The first-order chi connectivity index (χ1) is 9.39. The van der Waals surface area contributed by atoms with Crippen LogP contribution in [0.3, 0.4) is 0 Å². The summed E-state index contributed by atoms with van der Waals surface area (Å²) in [4.78, 5) is 16.2. The quantitative estimate of drug-likeness (QED) is 0.791. The highest BCUT2D eigenvalue weighted by molar-refractivity contribution is 5.97. The second kappa shape index (κ2) is 5.32. The van der Waals surface area contributed by atoms with Crippen LogP contribution in [0, 0.1) is 0 Å². The number of pyridine rings is 1. The number of nitrogens with two attached hydrogens (primary N) is 1. The van der Waals surface area contributed by atoms with Gasteiger partial charge in [0.1, 0.15) is 0 Å². The van der Waals surface area contributed by atoms with Gasteiger partial charge in [-0.25, -0.2) is 0 Å².